The van der Waals surface area contributed by atoms with Crippen LogP contribution in [0, 0.1) is 0 Å². The van der Waals surface area contributed by atoms with Crippen molar-refractivity contribution in [3.63, 3.8) is 0 Å². The number of benzene rings is 2. The molecule has 0 aliphatic rings. The predicted molar refractivity (Wildman–Crippen MR) is 101 cm³/mol. The van der Waals surface area contributed by atoms with Crippen LogP contribution in [0.15, 0.2) is 48.7 Å². The van der Waals surface area contributed by atoms with Crippen LogP contribution >= 0.6 is 0 Å². The van der Waals surface area contributed by atoms with Gasteiger partial charge in [0.25, 0.3) is 0 Å². The zero-order valence-electron chi connectivity index (χ0n) is 14.8. The zero-order valence-corrected chi connectivity index (χ0v) is 14.8. The smallest absolute Gasteiger partial charge is 0.341 e. The number of anilines is 2. The lowest BCUT2D eigenvalue weighted by Crippen LogP contribution is -2.10. The molecule has 0 radical (unpaired) electrons. The lowest BCUT2D eigenvalue weighted by molar-refractivity contribution is 0.0526. The molecule has 0 unspecified atom stereocenters. The second-order valence-corrected chi connectivity index (χ2v) is 5.79. The van der Waals surface area contributed by atoms with Gasteiger partial charge in [0.1, 0.15) is 5.56 Å². The fourth-order valence-corrected chi connectivity index (χ4v) is 2.77. The lowest BCUT2D eigenvalue weighted by Gasteiger charge is -2.15. The van der Waals surface area contributed by atoms with Crippen LogP contribution in [0.4, 0.5) is 11.4 Å². The van der Waals surface area contributed by atoms with Gasteiger partial charge in [0.05, 0.1) is 28.9 Å². The Labute approximate surface area is 159 Å². The molecule has 0 atom stereocenters. The topological polar surface area (TPSA) is 126 Å². The van der Waals surface area contributed by atoms with Gasteiger partial charge in [0, 0.05) is 17.3 Å². The summed E-state index contributed by atoms with van der Waals surface area (Å²) in [5.74, 6) is -2.88. The summed E-state index contributed by atoms with van der Waals surface area (Å²) in [5.41, 5.74) is 1.05. The first-order chi connectivity index (χ1) is 13.4. The van der Waals surface area contributed by atoms with Crippen molar-refractivity contribution in [2.24, 2.45) is 0 Å². The monoisotopic (exact) mass is 380 g/mol. The van der Waals surface area contributed by atoms with Crippen LogP contribution < -0.4 is 5.32 Å². The van der Waals surface area contributed by atoms with E-state index in [-0.39, 0.29) is 34.5 Å². The second-order valence-electron chi connectivity index (χ2n) is 5.79. The van der Waals surface area contributed by atoms with Gasteiger partial charge in [-0.1, -0.05) is 18.2 Å². The molecule has 2 aromatic carbocycles. The first-order valence-electron chi connectivity index (χ1n) is 8.35. The van der Waals surface area contributed by atoms with Crippen molar-refractivity contribution in [2.75, 3.05) is 11.9 Å². The fraction of sp³-hybridized carbons (Fsp3) is 0.100. The standard InChI is InChI=1S/C20H16N2O6/c1-2-28-20(27)15-10-21-16-13(7-4-8-14(16)19(25)26)17(15)22-12-6-3-5-11(9-12)18(23)24/h3-10H,2H2,1H3,(H,21,22)(H,23,24)(H,25,26). The molecule has 0 bridgehead atoms. The molecule has 0 spiro atoms. The normalized spacial score (nSPS) is 10.5. The van der Waals surface area contributed by atoms with Crippen LogP contribution in [-0.4, -0.2) is 39.7 Å². The third kappa shape index (κ3) is 3.61. The SMILES string of the molecule is CCOC(=O)c1cnc2c(C(=O)O)cccc2c1Nc1cccc(C(=O)O)c1. The number of hydrogen-bond acceptors (Lipinski definition) is 6. The van der Waals surface area contributed by atoms with Crippen LogP contribution in [0.25, 0.3) is 10.9 Å². The van der Waals surface area contributed by atoms with E-state index >= 15 is 0 Å². The van der Waals surface area contributed by atoms with Gasteiger partial charge in [-0.15, -0.1) is 0 Å². The third-order valence-corrected chi connectivity index (χ3v) is 4.00. The van der Waals surface area contributed by atoms with Crippen molar-refractivity contribution in [1.29, 1.82) is 0 Å². The number of nitrogens with one attached hydrogen (secondary N) is 1. The lowest BCUT2D eigenvalue weighted by atomic mass is 10.0. The Balaban J connectivity index is 2.21. The average molecular weight is 380 g/mol. The average Bonchev–Trinajstić information content (AvgIpc) is 2.68. The molecule has 3 aromatic rings. The number of hydrogen-bond donors (Lipinski definition) is 3. The van der Waals surface area contributed by atoms with E-state index in [1.54, 1.807) is 31.2 Å². The number of carboxylic acids is 2. The van der Waals surface area contributed by atoms with Gasteiger partial charge < -0.3 is 20.3 Å². The van der Waals surface area contributed by atoms with Crippen molar-refractivity contribution in [1.82, 2.24) is 4.98 Å². The van der Waals surface area contributed by atoms with Crippen molar-refractivity contribution >= 4 is 40.2 Å². The zero-order chi connectivity index (χ0) is 20.3. The number of carbonyl (C=O) groups is 3. The minimum atomic E-state index is -1.15. The quantitative estimate of drug-likeness (QED) is 0.554. The summed E-state index contributed by atoms with van der Waals surface area (Å²) >= 11 is 0. The summed E-state index contributed by atoms with van der Waals surface area (Å²) in [4.78, 5) is 39.2. The maximum absolute atomic E-state index is 12.4. The highest BCUT2D eigenvalue weighted by Gasteiger charge is 2.20. The van der Waals surface area contributed by atoms with E-state index in [0.29, 0.717) is 11.1 Å². The van der Waals surface area contributed by atoms with Crippen LogP contribution in [0.3, 0.4) is 0 Å². The van der Waals surface area contributed by atoms with Gasteiger partial charge in [-0.05, 0) is 31.2 Å². The number of aromatic nitrogens is 1. The number of fused-ring (bicyclic) bond motifs is 1. The van der Waals surface area contributed by atoms with Gasteiger partial charge in [-0.25, -0.2) is 14.4 Å². The molecule has 8 heteroatoms. The van der Waals surface area contributed by atoms with Crippen molar-refractivity contribution < 1.29 is 29.3 Å². The molecule has 0 aliphatic carbocycles. The van der Waals surface area contributed by atoms with E-state index in [1.165, 1.54) is 24.4 Å². The highest BCUT2D eigenvalue weighted by molar-refractivity contribution is 6.11. The van der Waals surface area contributed by atoms with Crippen LogP contribution in [0.5, 0.6) is 0 Å². The Hall–Kier alpha value is -3.94. The summed E-state index contributed by atoms with van der Waals surface area (Å²) in [6.45, 7) is 1.82. The number of nitrogens with zero attached hydrogens (tertiary/aromatic N) is 1. The molecule has 1 aromatic heterocycles. The maximum atomic E-state index is 12.4. The molecule has 0 fully saturated rings. The number of pyridine rings is 1. The van der Waals surface area contributed by atoms with Gasteiger partial charge in [0.15, 0.2) is 0 Å². The highest BCUT2D eigenvalue weighted by atomic mass is 16.5. The number of para-hydroxylation sites is 1. The van der Waals surface area contributed by atoms with E-state index in [4.69, 9.17) is 4.74 Å². The van der Waals surface area contributed by atoms with Crippen LogP contribution in [0.2, 0.25) is 0 Å². The molecule has 3 rings (SSSR count). The van der Waals surface area contributed by atoms with E-state index in [9.17, 15) is 24.6 Å². The molecule has 0 saturated carbocycles. The Morgan fingerprint density at radius 2 is 1.79 bits per heavy atom. The molecule has 1 heterocycles. The fourth-order valence-electron chi connectivity index (χ4n) is 2.77. The number of esters is 1. The Morgan fingerprint density at radius 1 is 1.04 bits per heavy atom. The number of ether oxygens (including phenoxy) is 1. The predicted octanol–water partition coefficient (Wildman–Crippen LogP) is 3.55. The molecule has 0 amide bonds. The third-order valence-electron chi connectivity index (χ3n) is 4.00. The van der Waals surface area contributed by atoms with Gasteiger partial charge in [0.2, 0.25) is 0 Å². The van der Waals surface area contributed by atoms with Gasteiger partial charge in [-0.3, -0.25) is 4.98 Å². The van der Waals surface area contributed by atoms with Gasteiger partial charge >= 0.3 is 17.9 Å². The number of aromatic carboxylic acids is 2. The van der Waals surface area contributed by atoms with Gasteiger partial charge in [-0.2, -0.15) is 0 Å². The highest BCUT2D eigenvalue weighted by Crippen LogP contribution is 2.31. The maximum Gasteiger partial charge on any atom is 0.341 e. The molecular weight excluding hydrogens is 364 g/mol. The molecule has 0 saturated heterocycles. The minimum Gasteiger partial charge on any atom is -0.478 e. The molecular formula is C20H16N2O6. The number of rotatable bonds is 6. The summed E-state index contributed by atoms with van der Waals surface area (Å²) in [5, 5.41) is 22.0. The van der Waals surface area contributed by atoms with E-state index in [0.717, 1.165) is 0 Å². The summed E-state index contributed by atoms with van der Waals surface area (Å²) in [6, 6.07) is 10.6. The van der Waals surface area contributed by atoms with E-state index < -0.39 is 17.9 Å². The van der Waals surface area contributed by atoms with Crippen molar-refractivity contribution in [3.8, 4) is 0 Å². The molecule has 3 N–H and O–H groups in total. The molecule has 0 aliphatic heterocycles. The molecule has 8 nitrogen and oxygen atoms in total. The number of carbonyl (C=O) groups excluding carboxylic acids is 1. The summed E-state index contributed by atoms with van der Waals surface area (Å²) in [6.07, 6.45) is 1.25. The minimum absolute atomic E-state index is 0.0183. The van der Waals surface area contributed by atoms with E-state index in [1.807, 2.05) is 0 Å². The van der Waals surface area contributed by atoms with E-state index in [2.05, 4.69) is 10.3 Å². The molecule has 142 valence electrons. The Bertz CT molecular complexity index is 1090. The number of carboxylic acid groups (broad SMARTS) is 2. The first-order valence-corrected chi connectivity index (χ1v) is 8.35. The summed E-state index contributed by atoms with van der Waals surface area (Å²) < 4.78 is 5.07. The van der Waals surface area contributed by atoms with Crippen LogP contribution in [0.1, 0.15) is 38.0 Å². The van der Waals surface area contributed by atoms with Crippen molar-refractivity contribution in [3.05, 3.63) is 65.4 Å². The first kappa shape index (κ1) is 18.8. The largest absolute Gasteiger partial charge is 0.478 e. The van der Waals surface area contributed by atoms with Crippen LogP contribution in [-0.2, 0) is 4.74 Å². The second kappa shape index (κ2) is 7.75. The summed E-state index contributed by atoms with van der Waals surface area (Å²) in [7, 11) is 0. The molecule has 28 heavy (non-hydrogen) atoms. The Morgan fingerprint density at radius 3 is 2.46 bits per heavy atom. The Kier molecular flexibility index (Phi) is 5.21. The van der Waals surface area contributed by atoms with Crippen molar-refractivity contribution in [2.45, 2.75) is 6.92 Å².